The second-order valence-corrected chi connectivity index (χ2v) is 9.32. The Balaban J connectivity index is 0.000000784. The number of carbonyl (C=O) groups is 2. The molecule has 2 unspecified atom stereocenters. The van der Waals surface area contributed by atoms with Crippen LogP contribution in [0.25, 0.3) is 0 Å². The van der Waals surface area contributed by atoms with Crippen molar-refractivity contribution >= 4 is 12.8 Å². The number of carbonyl (C=O) groups excluding carboxylic acids is 2. The predicted octanol–water partition coefficient (Wildman–Crippen LogP) is 3.34. The molecular formula is C26H41F2N3O4. The summed E-state index contributed by atoms with van der Waals surface area (Å²) in [4.78, 5) is 22.5. The Morgan fingerprint density at radius 3 is 2.34 bits per heavy atom. The largest absolute Gasteiger partial charge is 0.385 e. The number of nitrogens with one attached hydrogen (secondary N) is 2. The van der Waals surface area contributed by atoms with Crippen molar-refractivity contribution in [2.75, 3.05) is 40.5 Å². The van der Waals surface area contributed by atoms with E-state index in [9.17, 15) is 9.59 Å². The van der Waals surface area contributed by atoms with E-state index < -0.39 is 17.5 Å². The number of likely N-dealkylation sites (tertiary alicyclic amines) is 1. The van der Waals surface area contributed by atoms with E-state index in [1.54, 1.807) is 0 Å². The van der Waals surface area contributed by atoms with Crippen LogP contribution in [0, 0.1) is 0 Å². The van der Waals surface area contributed by atoms with Crippen LogP contribution in [0.2, 0.25) is 0 Å². The molecule has 198 valence electrons. The van der Waals surface area contributed by atoms with Crippen LogP contribution in [0.5, 0.6) is 0 Å². The second kappa shape index (κ2) is 14.5. The lowest BCUT2D eigenvalue weighted by molar-refractivity contribution is -0.180. The summed E-state index contributed by atoms with van der Waals surface area (Å²) >= 11 is 0. The van der Waals surface area contributed by atoms with E-state index >= 15 is 8.78 Å². The van der Waals surface area contributed by atoms with Gasteiger partial charge in [-0.3, -0.25) is 14.5 Å². The number of benzene rings is 1. The van der Waals surface area contributed by atoms with Crippen molar-refractivity contribution in [3.8, 4) is 0 Å². The fraction of sp³-hybridized carbons (Fsp3) is 0.692. The zero-order valence-corrected chi connectivity index (χ0v) is 21.2. The molecule has 0 radical (unpaired) electrons. The zero-order chi connectivity index (χ0) is 25.7. The molecule has 3 rings (SSSR count). The highest BCUT2D eigenvalue weighted by atomic mass is 19.3. The average Bonchev–Trinajstić information content (AvgIpc) is 2.87. The van der Waals surface area contributed by atoms with Crippen LogP contribution >= 0.6 is 0 Å². The van der Waals surface area contributed by atoms with Crippen molar-refractivity contribution in [3.05, 3.63) is 35.9 Å². The van der Waals surface area contributed by atoms with Crippen LogP contribution < -0.4 is 10.6 Å². The lowest BCUT2D eigenvalue weighted by Gasteiger charge is -2.52. The Morgan fingerprint density at radius 2 is 1.80 bits per heavy atom. The third-order valence-corrected chi connectivity index (χ3v) is 7.27. The summed E-state index contributed by atoms with van der Waals surface area (Å²) in [6.45, 7) is 3.16. The van der Waals surface area contributed by atoms with Gasteiger partial charge >= 0.3 is 0 Å². The van der Waals surface area contributed by atoms with Gasteiger partial charge in [-0.05, 0) is 51.1 Å². The maximum Gasteiger partial charge on any atom is 0.273 e. The van der Waals surface area contributed by atoms with Crippen molar-refractivity contribution in [2.45, 2.75) is 75.0 Å². The summed E-state index contributed by atoms with van der Waals surface area (Å²) in [6.07, 6.45) is 4.77. The first-order valence-corrected chi connectivity index (χ1v) is 12.5. The first-order chi connectivity index (χ1) is 16.8. The number of ether oxygens (including phenoxy) is 2. The molecule has 2 fully saturated rings. The topological polar surface area (TPSA) is 79.9 Å². The van der Waals surface area contributed by atoms with E-state index in [1.807, 2.05) is 24.9 Å². The van der Waals surface area contributed by atoms with E-state index in [1.165, 1.54) is 12.7 Å². The van der Waals surface area contributed by atoms with Crippen molar-refractivity contribution in [1.29, 1.82) is 0 Å². The Kier molecular flexibility index (Phi) is 12.0. The van der Waals surface area contributed by atoms with Gasteiger partial charge in [0.15, 0.2) is 0 Å². The smallest absolute Gasteiger partial charge is 0.273 e. The van der Waals surface area contributed by atoms with E-state index in [2.05, 4.69) is 34.9 Å². The number of hydrogen-bond acceptors (Lipinski definition) is 5. The number of alkyl halides is 2. The minimum absolute atomic E-state index is 0.0361. The number of likely N-dealkylation sites (N-methyl/N-ethyl adjacent to an activating group) is 1. The number of amides is 2. The molecule has 0 bridgehead atoms. The van der Waals surface area contributed by atoms with Gasteiger partial charge in [0.25, 0.3) is 5.92 Å². The highest BCUT2D eigenvalue weighted by Crippen LogP contribution is 2.43. The van der Waals surface area contributed by atoms with Crippen LogP contribution in [0.1, 0.15) is 56.9 Å². The van der Waals surface area contributed by atoms with Gasteiger partial charge < -0.3 is 20.1 Å². The third kappa shape index (κ3) is 7.69. The zero-order valence-electron chi connectivity index (χ0n) is 21.2. The Hall–Kier alpha value is -2.10. The number of nitrogens with zero attached hydrogens (tertiary/aromatic N) is 1. The number of halogens is 2. The number of hydrogen-bond donors (Lipinski definition) is 2. The van der Waals surface area contributed by atoms with Gasteiger partial charge in [0.2, 0.25) is 12.8 Å². The molecule has 1 aromatic rings. The first kappa shape index (κ1) is 29.1. The van der Waals surface area contributed by atoms with Gasteiger partial charge in [0, 0.05) is 39.6 Å². The summed E-state index contributed by atoms with van der Waals surface area (Å²) in [7, 11) is 3.31. The molecule has 2 atom stereocenters. The first-order valence-electron chi connectivity index (χ1n) is 12.5. The lowest BCUT2D eigenvalue weighted by atomic mass is 9.75. The van der Waals surface area contributed by atoms with Crippen molar-refractivity contribution in [1.82, 2.24) is 15.5 Å². The fourth-order valence-electron chi connectivity index (χ4n) is 5.18. The van der Waals surface area contributed by atoms with E-state index in [0.29, 0.717) is 18.7 Å². The highest BCUT2D eigenvalue weighted by molar-refractivity contribution is 5.49. The van der Waals surface area contributed by atoms with Crippen LogP contribution in [-0.4, -0.2) is 81.8 Å². The maximum atomic E-state index is 15.1. The molecule has 7 nitrogen and oxygen atoms in total. The van der Waals surface area contributed by atoms with Gasteiger partial charge in [-0.2, -0.15) is 0 Å². The van der Waals surface area contributed by atoms with Gasteiger partial charge in [-0.1, -0.05) is 30.3 Å². The summed E-state index contributed by atoms with van der Waals surface area (Å²) in [6, 6.07) is 9.87. The fourth-order valence-corrected chi connectivity index (χ4v) is 5.18. The predicted molar refractivity (Wildman–Crippen MR) is 132 cm³/mol. The summed E-state index contributed by atoms with van der Waals surface area (Å²) < 4.78 is 41.5. The normalized spacial score (nSPS) is 28.3. The summed E-state index contributed by atoms with van der Waals surface area (Å²) in [5.41, 5.74) is -0.338. The van der Waals surface area contributed by atoms with Crippen LogP contribution in [0.4, 0.5) is 8.78 Å². The molecule has 2 N–H and O–H groups in total. The lowest BCUT2D eigenvalue weighted by Crippen LogP contribution is -2.74. The molecule has 0 spiro atoms. The Morgan fingerprint density at radius 1 is 1.11 bits per heavy atom. The molecule has 1 saturated heterocycles. The molecule has 2 amide bonds. The molecule has 35 heavy (non-hydrogen) atoms. The second-order valence-electron chi connectivity index (χ2n) is 9.32. The Labute approximate surface area is 207 Å². The SMILES string of the molecule is CCNC=O.COCCC1(NC=O)C(COC2CCC(c3ccccc3)CC2)N(C)CCC1(F)F. The van der Waals surface area contributed by atoms with Gasteiger partial charge in [-0.25, -0.2) is 8.78 Å². The van der Waals surface area contributed by atoms with E-state index in [-0.39, 0.29) is 38.7 Å². The van der Waals surface area contributed by atoms with Gasteiger partial charge in [0.1, 0.15) is 5.54 Å². The van der Waals surface area contributed by atoms with Crippen LogP contribution in [0.15, 0.2) is 30.3 Å². The molecule has 2 aliphatic rings. The molecule has 1 saturated carbocycles. The number of rotatable bonds is 11. The van der Waals surface area contributed by atoms with Gasteiger partial charge in [-0.15, -0.1) is 0 Å². The quantitative estimate of drug-likeness (QED) is 0.459. The van der Waals surface area contributed by atoms with Crippen molar-refractivity contribution in [2.24, 2.45) is 0 Å². The minimum atomic E-state index is -3.03. The molecular weight excluding hydrogens is 456 g/mol. The average molecular weight is 498 g/mol. The molecule has 9 heteroatoms. The van der Waals surface area contributed by atoms with Crippen molar-refractivity contribution < 1.29 is 27.8 Å². The van der Waals surface area contributed by atoms with E-state index in [4.69, 9.17) is 9.47 Å². The van der Waals surface area contributed by atoms with Gasteiger partial charge in [0.05, 0.1) is 18.8 Å². The molecule has 1 heterocycles. The molecule has 1 aliphatic carbocycles. The molecule has 0 aromatic heterocycles. The highest BCUT2D eigenvalue weighted by Gasteiger charge is 2.61. The number of piperidine rings is 1. The minimum Gasteiger partial charge on any atom is -0.385 e. The summed E-state index contributed by atoms with van der Waals surface area (Å²) in [5, 5.41) is 4.92. The standard InChI is InChI=1S/C23H34F2N2O3.C3H7NO/c1-27-14-12-23(24,25)22(26-17-28,13-15-29-2)21(27)16-30-20-10-8-19(9-11-20)18-6-4-3-5-7-18;1-2-4-3-5/h3-7,17,19-21H,8-16H2,1-2H3,(H,26,28);3H,2H2,1H3,(H,4,5). The Bertz CT molecular complexity index is 747. The molecule has 1 aromatic carbocycles. The monoisotopic (exact) mass is 497 g/mol. The van der Waals surface area contributed by atoms with E-state index in [0.717, 1.165) is 32.2 Å². The van der Waals surface area contributed by atoms with Crippen LogP contribution in [0.3, 0.4) is 0 Å². The van der Waals surface area contributed by atoms with Crippen LogP contribution in [-0.2, 0) is 19.1 Å². The molecule has 1 aliphatic heterocycles. The summed E-state index contributed by atoms with van der Waals surface area (Å²) in [5.74, 6) is -2.50. The number of methoxy groups -OCH3 is 1. The maximum absolute atomic E-state index is 15.1. The third-order valence-electron chi connectivity index (χ3n) is 7.27. The van der Waals surface area contributed by atoms with Crippen molar-refractivity contribution in [3.63, 3.8) is 0 Å².